The maximum atomic E-state index is 15.2. The third-order valence-corrected chi connectivity index (χ3v) is 3.66. The molecule has 10 heteroatoms. The summed E-state index contributed by atoms with van der Waals surface area (Å²) >= 11 is 0. The first-order chi connectivity index (χ1) is 10.7. The zero-order valence-corrected chi connectivity index (χ0v) is 13.4. The maximum absolute atomic E-state index is 15.2. The lowest BCUT2D eigenvalue weighted by Gasteiger charge is -2.32. The summed E-state index contributed by atoms with van der Waals surface area (Å²) in [7, 11) is 4.77. The predicted octanol–water partition coefficient (Wildman–Crippen LogP) is -0.515. The van der Waals surface area contributed by atoms with Crippen LogP contribution < -0.4 is 10.6 Å². The molecule has 0 radical (unpaired) electrons. The maximum Gasteiger partial charge on any atom is 0.224 e. The quantitative estimate of drug-likeness (QED) is 0.648. The number of methoxy groups -OCH3 is 1. The number of fused-ring (bicyclic) bond motifs is 1. The van der Waals surface area contributed by atoms with Gasteiger partial charge in [0.25, 0.3) is 0 Å². The summed E-state index contributed by atoms with van der Waals surface area (Å²) in [5.74, 6) is -1.94. The monoisotopic (exact) mass is 328 g/mol. The number of alkyl halides is 1. The number of imidazole rings is 1. The molecule has 2 aromatic rings. The largest absolute Gasteiger partial charge is 0.394 e. The Balaban J connectivity index is 2.59. The summed E-state index contributed by atoms with van der Waals surface area (Å²) in [6, 6.07) is 0. The Morgan fingerprint density at radius 3 is 2.65 bits per heavy atom. The minimum absolute atomic E-state index is 0.0429. The van der Waals surface area contributed by atoms with Crippen molar-refractivity contribution in [2.45, 2.75) is 24.9 Å². The fraction of sp³-hybridized carbons (Fsp3) is 0.615. The molecule has 0 spiro atoms. The molecule has 0 aromatic carbocycles. The summed E-state index contributed by atoms with van der Waals surface area (Å²) in [5, 5.41) is 19.4. The van der Waals surface area contributed by atoms with Crippen molar-refractivity contribution in [2.24, 2.45) is 0 Å². The Bertz CT molecular complexity index is 686. The van der Waals surface area contributed by atoms with Gasteiger partial charge < -0.3 is 25.6 Å². The van der Waals surface area contributed by atoms with Crippen LogP contribution in [0.3, 0.4) is 0 Å². The van der Waals surface area contributed by atoms with Gasteiger partial charge in [0.15, 0.2) is 17.0 Å². The molecule has 4 N–H and O–H groups in total. The van der Waals surface area contributed by atoms with Gasteiger partial charge in [-0.3, -0.25) is 4.57 Å². The van der Waals surface area contributed by atoms with Gasteiger partial charge in [0.1, 0.15) is 12.2 Å². The molecule has 0 saturated heterocycles. The van der Waals surface area contributed by atoms with E-state index in [-0.39, 0.29) is 11.6 Å². The van der Waals surface area contributed by atoms with E-state index in [1.165, 1.54) is 13.4 Å². The van der Waals surface area contributed by atoms with Crippen molar-refractivity contribution in [3.8, 4) is 0 Å². The lowest BCUT2D eigenvalue weighted by Crippen LogP contribution is -2.47. The Kier molecular flexibility index (Phi) is 4.68. The fourth-order valence-corrected chi connectivity index (χ4v) is 2.32. The van der Waals surface area contributed by atoms with Crippen molar-refractivity contribution in [3.63, 3.8) is 0 Å². The molecule has 0 aliphatic rings. The first-order valence-corrected chi connectivity index (χ1v) is 6.93. The number of nitrogens with zero attached hydrogens (tertiary/aromatic N) is 5. The van der Waals surface area contributed by atoms with Crippen LogP contribution in [0.4, 0.5) is 16.2 Å². The Morgan fingerprint density at radius 1 is 1.48 bits per heavy atom. The third-order valence-electron chi connectivity index (χ3n) is 3.66. The molecular weight excluding hydrogens is 307 g/mol. The lowest BCUT2D eigenvalue weighted by molar-refractivity contribution is -0.135. The molecule has 128 valence electrons. The summed E-state index contributed by atoms with van der Waals surface area (Å²) < 4.78 is 21.2. The minimum Gasteiger partial charge on any atom is -0.394 e. The van der Waals surface area contributed by atoms with Crippen LogP contribution >= 0.6 is 0 Å². The van der Waals surface area contributed by atoms with Crippen LogP contribution in [0, 0.1) is 0 Å². The van der Waals surface area contributed by atoms with E-state index in [4.69, 9.17) is 10.5 Å². The van der Waals surface area contributed by atoms with Crippen molar-refractivity contribution < 1.29 is 19.3 Å². The number of anilines is 2. The number of halogens is 1. The number of hydrogen-bond donors (Lipinski definition) is 3. The van der Waals surface area contributed by atoms with Gasteiger partial charge in [0.05, 0.1) is 12.9 Å². The average Bonchev–Trinajstić information content (AvgIpc) is 2.91. The zero-order valence-electron chi connectivity index (χ0n) is 13.4. The molecule has 0 amide bonds. The van der Waals surface area contributed by atoms with Crippen molar-refractivity contribution in [2.75, 3.05) is 38.4 Å². The van der Waals surface area contributed by atoms with Gasteiger partial charge in [-0.15, -0.1) is 0 Å². The zero-order chi connectivity index (χ0) is 17.4. The number of rotatable bonds is 6. The van der Waals surface area contributed by atoms with E-state index in [1.807, 2.05) is 0 Å². The molecule has 3 atom stereocenters. The smallest absolute Gasteiger partial charge is 0.224 e. The van der Waals surface area contributed by atoms with Gasteiger partial charge in [0.2, 0.25) is 11.7 Å². The SMILES string of the molecule is CO[C@H](CO)[C@@H](O)[C@@](C)(F)n1cnc2c(N(C)C)nc(N)nc21. The summed E-state index contributed by atoms with van der Waals surface area (Å²) in [6.45, 7) is 0.609. The number of aliphatic hydroxyl groups is 2. The predicted molar refractivity (Wildman–Crippen MR) is 82.7 cm³/mol. The highest BCUT2D eigenvalue weighted by Crippen LogP contribution is 2.31. The number of nitrogen functional groups attached to an aromatic ring is 1. The van der Waals surface area contributed by atoms with E-state index in [2.05, 4.69) is 15.0 Å². The molecule has 0 unspecified atom stereocenters. The van der Waals surface area contributed by atoms with E-state index in [0.29, 0.717) is 11.3 Å². The van der Waals surface area contributed by atoms with Crippen molar-refractivity contribution >= 4 is 22.9 Å². The van der Waals surface area contributed by atoms with Crippen molar-refractivity contribution in [3.05, 3.63) is 6.33 Å². The second kappa shape index (κ2) is 6.22. The molecule has 0 fully saturated rings. The van der Waals surface area contributed by atoms with E-state index >= 15 is 4.39 Å². The first kappa shape index (κ1) is 17.3. The molecule has 0 bridgehead atoms. The normalized spacial score (nSPS) is 17.0. The standard InChI is InChI=1S/C13H21FN6O3/c1-13(14,9(22)7(5-21)23-4)20-6-16-8-10(19(2)3)17-12(15)18-11(8)20/h6-7,9,21-22H,5H2,1-4H3,(H2,15,17,18)/t7-,9-,13+/m1/s1. The second-order valence-electron chi connectivity index (χ2n) is 5.51. The molecule has 2 rings (SSSR count). The molecule has 0 aliphatic carbocycles. The molecule has 0 aliphatic heterocycles. The molecule has 0 saturated carbocycles. The van der Waals surface area contributed by atoms with Crippen LogP contribution in [0.25, 0.3) is 11.2 Å². The van der Waals surface area contributed by atoms with Crippen LogP contribution in [0.2, 0.25) is 0 Å². The summed E-state index contributed by atoms with van der Waals surface area (Å²) in [4.78, 5) is 13.9. The van der Waals surface area contributed by atoms with E-state index in [1.54, 1.807) is 19.0 Å². The summed E-state index contributed by atoms with van der Waals surface area (Å²) in [5.41, 5.74) is 6.17. The van der Waals surface area contributed by atoms with Crippen LogP contribution in [0.5, 0.6) is 0 Å². The van der Waals surface area contributed by atoms with Crippen LogP contribution in [0.1, 0.15) is 6.92 Å². The van der Waals surface area contributed by atoms with Crippen LogP contribution in [-0.2, 0) is 10.5 Å². The Labute approximate surface area is 132 Å². The van der Waals surface area contributed by atoms with Gasteiger partial charge in [-0.25, -0.2) is 9.37 Å². The third kappa shape index (κ3) is 2.92. The number of aliphatic hydroxyl groups excluding tert-OH is 2. The lowest BCUT2D eigenvalue weighted by atomic mass is 10.0. The minimum atomic E-state index is -2.33. The number of aromatic nitrogens is 4. The Hall–Kier alpha value is -2.04. The molecule has 23 heavy (non-hydrogen) atoms. The number of hydrogen-bond acceptors (Lipinski definition) is 8. The number of ether oxygens (including phenoxy) is 1. The fourth-order valence-electron chi connectivity index (χ4n) is 2.32. The van der Waals surface area contributed by atoms with E-state index < -0.39 is 24.6 Å². The van der Waals surface area contributed by atoms with Gasteiger partial charge >= 0.3 is 0 Å². The summed E-state index contributed by atoms with van der Waals surface area (Å²) in [6.07, 6.45) is -1.54. The van der Waals surface area contributed by atoms with Gasteiger partial charge in [0, 0.05) is 21.2 Å². The van der Waals surface area contributed by atoms with E-state index in [9.17, 15) is 10.2 Å². The van der Waals surface area contributed by atoms with Gasteiger partial charge in [-0.2, -0.15) is 9.97 Å². The number of nitrogens with two attached hydrogens (primary N) is 1. The van der Waals surface area contributed by atoms with Crippen LogP contribution in [-0.4, -0.2) is 69.8 Å². The van der Waals surface area contributed by atoms with Crippen LogP contribution in [0.15, 0.2) is 6.33 Å². The van der Waals surface area contributed by atoms with Crippen molar-refractivity contribution in [1.82, 2.24) is 19.5 Å². The molecule has 2 heterocycles. The van der Waals surface area contributed by atoms with Gasteiger partial charge in [-0.1, -0.05) is 0 Å². The topological polar surface area (TPSA) is 123 Å². The molecular formula is C13H21FN6O3. The van der Waals surface area contributed by atoms with Crippen molar-refractivity contribution in [1.29, 1.82) is 0 Å². The van der Waals surface area contributed by atoms with E-state index in [0.717, 1.165) is 11.5 Å². The highest BCUT2D eigenvalue weighted by molar-refractivity contribution is 5.84. The van der Waals surface area contributed by atoms with Gasteiger partial charge in [-0.05, 0) is 6.92 Å². The Morgan fingerprint density at radius 2 is 2.13 bits per heavy atom. The average molecular weight is 328 g/mol. The first-order valence-electron chi connectivity index (χ1n) is 6.93. The highest BCUT2D eigenvalue weighted by Gasteiger charge is 2.41. The second-order valence-corrected chi connectivity index (χ2v) is 5.51. The molecule has 9 nitrogen and oxygen atoms in total. The molecule has 2 aromatic heterocycles. The highest BCUT2D eigenvalue weighted by atomic mass is 19.1.